The summed E-state index contributed by atoms with van der Waals surface area (Å²) >= 11 is 0. The third-order valence-electron chi connectivity index (χ3n) is 2.91. The first-order valence-corrected chi connectivity index (χ1v) is 5.22. The molecule has 2 rings (SSSR count). The van der Waals surface area contributed by atoms with Gasteiger partial charge in [-0.2, -0.15) is 0 Å². The number of nitrogens with two attached hydrogens (primary N) is 1. The monoisotopic (exact) mass is 217 g/mol. The molecule has 0 radical (unpaired) electrons. The molecule has 1 unspecified atom stereocenters. The molecule has 4 nitrogen and oxygen atoms in total. The minimum atomic E-state index is -0.249. The molecule has 4 N–H and O–H groups in total. The minimum Gasteiger partial charge on any atom is -0.358 e. The zero-order valence-corrected chi connectivity index (χ0v) is 9.37. The lowest BCUT2D eigenvalue weighted by Gasteiger charge is -2.10. The van der Waals surface area contributed by atoms with E-state index in [9.17, 15) is 4.79 Å². The number of carbonyl (C=O) groups is 1. The summed E-state index contributed by atoms with van der Waals surface area (Å²) in [7, 11) is 0. The van der Waals surface area contributed by atoms with Crippen LogP contribution in [0.2, 0.25) is 0 Å². The van der Waals surface area contributed by atoms with E-state index in [4.69, 9.17) is 5.84 Å². The fourth-order valence-electron chi connectivity index (χ4n) is 2.11. The summed E-state index contributed by atoms with van der Waals surface area (Å²) in [6, 6.07) is 7.94. The molecule has 0 saturated heterocycles. The van der Waals surface area contributed by atoms with Gasteiger partial charge in [0.1, 0.15) is 0 Å². The second-order valence-electron chi connectivity index (χ2n) is 3.94. The van der Waals surface area contributed by atoms with Gasteiger partial charge in [0.2, 0.25) is 5.91 Å². The van der Waals surface area contributed by atoms with Crippen molar-refractivity contribution >= 4 is 16.8 Å². The van der Waals surface area contributed by atoms with Crippen LogP contribution in [0.1, 0.15) is 24.1 Å². The first-order valence-electron chi connectivity index (χ1n) is 5.22. The summed E-state index contributed by atoms with van der Waals surface area (Å²) < 4.78 is 0. The molecule has 84 valence electrons. The maximum Gasteiger partial charge on any atom is 0.241 e. The van der Waals surface area contributed by atoms with Crippen molar-refractivity contribution in [3.8, 4) is 0 Å². The third-order valence-corrected chi connectivity index (χ3v) is 2.91. The molecule has 1 heterocycles. The molecule has 0 bridgehead atoms. The van der Waals surface area contributed by atoms with Gasteiger partial charge in [-0.3, -0.25) is 10.2 Å². The predicted octanol–water partition coefficient (Wildman–Crippen LogP) is 1.57. The maximum absolute atomic E-state index is 11.6. The third kappa shape index (κ3) is 1.57. The Morgan fingerprint density at radius 1 is 1.44 bits per heavy atom. The summed E-state index contributed by atoms with van der Waals surface area (Å²) in [5, 5.41) is 1.08. The highest BCUT2D eigenvalue weighted by atomic mass is 16.2. The van der Waals surface area contributed by atoms with Crippen LogP contribution < -0.4 is 11.3 Å². The van der Waals surface area contributed by atoms with Crippen LogP contribution in [-0.2, 0) is 4.79 Å². The molecule has 1 aromatic carbocycles. The number of benzene rings is 1. The van der Waals surface area contributed by atoms with Crippen molar-refractivity contribution in [3.63, 3.8) is 0 Å². The lowest BCUT2D eigenvalue weighted by atomic mass is 9.97. The molecule has 4 heteroatoms. The minimum absolute atomic E-state index is 0.173. The number of carbonyl (C=O) groups excluding carboxylic acids is 1. The van der Waals surface area contributed by atoms with Gasteiger partial charge in [-0.1, -0.05) is 18.2 Å². The summed E-state index contributed by atoms with van der Waals surface area (Å²) in [6.07, 6.45) is 0. The maximum atomic E-state index is 11.6. The molecule has 0 aliphatic rings. The Bertz CT molecular complexity index is 530. The van der Waals surface area contributed by atoms with E-state index in [-0.39, 0.29) is 11.8 Å². The Morgan fingerprint density at radius 3 is 2.81 bits per heavy atom. The molecule has 0 fully saturated rings. The molecule has 1 amide bonds. The average molecular weight is 217 g/mol. The standard InChI is InChI=1S/C12H15N3O/c1-7(12(16)15-13)11-8(2)14-10-6-4-3-5-9(10)11/h3-7,14H,13H2,1-2H3,(H,15,16). The Balaban J connectivity index is 2.59. The van der Waals surface area contributed by atoms with Gasteiger partial charge in [-0.25, -0.2) is 5.84 Å². The van der Waals surface area contributed by atoms with Crippen molar-refractivity contribution in [1.29, 1.82) is 0 Å². The van der Waals surface area contributed by atoms with Crippen molar-refractivity contribution in [2.75, 3.05) is 0 Å². The number of hydrogen-bond donors (Lipinski definition) is 3. The number of aromatic amines is 1. The number of nitrogens with one attached hydrogen (secondary N) is 2. The van der Waals surface area contributed by atoms with Gasteiger partial charge in [-0.05, 0) is 25.5 Å². The number of hydrogen-bond acceptors (Lipinski definition) is 2. The van der Waals surface area contributed by atoms with Crippen molar-refractivity contribution in [1.82, 2.24) is 10.4 Å². The first kappa shape index (κ1) is 10.7. The van der Waals surface area contributed by atoms with Crippen LogP contribution in [0, 0.1) is 6.92 Å². The second-order valence-corrected chi connectivity index (χ2v) is 3.94. The van der Waals surface area contributed by atoms with E-state index in [0.717, 1.165) is 22.2 Å². The van der Waals surface area contributed by atoms with Crippen molar-refractivity contribution in [2.24, 2.45) is 5.84 Å². The van der Waals surface area contributed by atoms with Gasteiger partial charge in [-0.15, -0.1) is 0 Å². The van der Waals surface area contributed by atoms with Crippen molar-refractivity contribution in [2.45, 2.75) is 19.8 Å². The van der Waals surface area contributed by atoms with Crippen LogP contribution in [0.15, 0.2) is 24.3 Å². The van der Waals surface area contributed by atoms with Crippen LogP contribution >= 0.6 is 0 Å². The quantitative estimate of drug-likeness (QED) is 0.406. The Labute approximate surface area is 93.8 Å². The predicted molar refractivity (Wildman–Crippen MR) is 63.8 cm³/mol. The fourth-order valence-corrected chi connectivity index (χ4v) is 2.11. The number of aryl methyl sites for hydroxylation is 1. The van der Waals surface area contributed by atoms with Crippen LogP contribution in [-0.4, -0.2) is 10.9 Å². The fraction of sp³-hybridized carbons (Fsp3) is 0.250. The van der Waals surface area contributed by atoms with Crippen molar-refractivity contribution < 1.29 is 4.79 Å². The number of aromatic nitrogens is 1. The smallest absolute Gasteiger partial charge is 0.241 e. The van der Waals surface area contributed by atoms with Gasteiger partial charge in [0, 0.05) is 16.6 Å². The molecule has 1 atom stereocenters. The van der Waals surface area contributed by atoms with E-state index >= 15 is 0 Å². The van der Waals surface area contributed by atoms with E-state index in [2.05, 4.69) is 10.4 Å². The normalized spacial score (nSPS) is 12.7. The van der Waals surface area contributed by atoms with Gasteiger partial charge in [0.15, 0.2) is 0 Å². The highest BCUT2D eigenvalue weighted by molar-refractivity contribution is 5.92. The lowest BCUT2D eigenvalue weighted by Crippen LogP contribution is -2.33. The van der Waals surface area contributed by atoms with Crippen molar-refractivity contribution in [3.05, 3.63) is 35.5 Å². The number of rotatable bonds is 2. The average Bonchev–Trinajstić information content (AvgIpc) is 2.63. The number of para-hydroxylation sites is 1. The molecule has 1 aromatic heterocycles. The zero-order valence-electron chi connectivity index (χ0n) is 9.37. The van der Waals surface area contributed by atoms with Crippen LogP contribution in [0.4, 0.5) is 0 Å². The molecule has 2 aromatic rings. The molecular formula is C12H15N3O. The molecule has 16 heavy (non-hydrogen) atoms. The number of fused-ring (bicyclic) bond motifs is 1. The van der Waals surface area contributed by atoms with Gasteiger partial charge in [0.25, 0.3) is 0 Å². The number of hydrazine groups is 1. The van der Waals surface area contributed by atoms with Crippen LogP contribution in [0.3, 0.4) is 0 Å². The van der Waals surface area contributed by atoms with E-state index < -0.39 is 0 Å². The highest BCUT2D eigenvalue weighted by Gasteiger charge is 2.20. The summed E-state index contributed by atoms with van der Waals surface area (Å²) in [5.74, 6) is 4.74. The van der Waals surface area contributed by atoms with E-state index in [1.165, 1.54) is 0 Å². The summed E-state index contributed by atoms with van der Waals surface area (Å²) in [6.45, 7) is 3.82. The Kier molecular flexibility index (Phi) is 2.66. The highest BCUT2D eigenvalue weighted by Crippen LogP contribution is 2.28. The molecule has 0 aliphatic carbocycles. The van der Waals surface area contributed by atoms with Crippen LogP contribution in [0.25, 0.3) is 10.9 Å². The van der Waals surface area contributed by atoms with E-state index in [1.54, 1.807) is 0 Å². The molecule has 0 spiro atoms. The first-order chi connectivity index (χ1) is 7.65. The summed E-state index contributed by atoms with van der Waals surface area (Å²) in [4.78, 5) is 14.8. The van der Waals surface area contributed by atoms with E-state index in [0.29, 0.717) is 0 Å². The SMILES string of the molecule is Cc1[nH]c2ccccc2c1C(C)C(=O)NN. The molecule has 0 saturated carbocycles. The largest absolute Gasteiger partial charge is 0.358 e. The molecular weight excluding hydrogens is 202 g/mol. The lowest BCUT2D eigenvalue weighted by molar-refractivity contribution is -0.122. The topological polar surface area (TPSA) is 70.9 Å². The van der Waals surface area contributed by atoms with Gasteiger partial charge < -0.3 is 4.98 Å². The molecule has 0 aliphatic heterocycles. The van der Waals surface area contributed by atoms with Gasteiger partial charge >= 0.3 is 0 Å². The second kappa shape index (κ2) is 3.98. The Morgan fingerprint density at radius 2 is 2.12 bits per heavy atom. The zero-order chi connectivity index (χ0) is 11.7. The van der Waals surface area contributed by atoms with Crippen LogP contribution in [0.5, 0.6) is 0 Å². The van der Waals surface area contributed by atoms with Gasteiger partial charge in [0.05, 0.1) is 5.92 Å². The van der Waals surface area contributed by atoms with E-state index in [1.807, 2.05) is 38.1 Å². The number of amides is 1. The number of H-pyrrole nitrogens is 1. The summed E-state index contributed by atoms with van der Waals surface area (Å²) in [5.41, 5.74) is 5.26. The Hall–Kier alpha value is -1.81.